The van der Waals surface area contributed by atoms with Gasteiger partial charge in [-0.05, 0) is 19.1 Å². The van der Waals surface area contributed by atoms with E-state index in [0.717, 1.165) is 23.5 Å². The van der Waals surface area contributed by atoms with Crippen LogP contribution in [0.25, 0.3) is 0 Å². The zero-order valence-corrected chi connectivity index (χ0v) is 11.6. The number of ether oxygens (including phenoxy) is 2. The minimum Gasteiger partial charge on any atom is -0.496 e. The molecule has 1 heterocycles. The first-order valence-electron chi connectivity index (χ1n) is 6.41. The molecule has 1 unspecified atom stereocenters. The van der Waals surface area contributed by atoms with Gasteiger partial charge in [0.05, 0.1) is 13.7 Å². The number of benzene rings is 1. The van der Waals surface area contributed by atoms with Crippen LogP contribution in [0.15, 0.2) is 12.1 Å². The maximum Gasteiger partial charge on any atom is 0.233 e. The van der Waals surface area contributed by atoms with E-state index in [2.05, 4.69) is 17.6 Å². The van der Waals surface area contributed by atoms with E-state index in [0.29, 0.717) is 6.54 Å². The summed E-state index contributed by atoms with van der Waals surface area (Å²) >= 11 is 0. The second kappa shape index (κ2) is 5.93. The lowest BCUT2D eigenvalue weighted by Gasteiger charge is -2.11. The molecule has 0 saturated heterocycles. The second-order valence-corrected chi connectivity index (χ2v) is 4.68. The summed E-state index contributed by atoms with van der Waals surface area (Å²) < 4.78 is 11.1. The Bertz CT molecular complexity index is 474. The van der Waals surface area contributed by atoms with Crippen LogP contribution < -0.4 is 20.1 Å². The Balaban J connectivity index is 2.07. The SMILES string of the molecule is CNC(=O)CNCc1cc2c(cc1OC)CC(C)O2. The molecule has 0 spiro atoms. The number of carbonyl (C=O) groups excluding carboxylic acids is 1. The molecule has 1 atom stereocenters. The smallest absolute Gasteiger partial charge is 0.233 e. The van der Waals surface area contributed by atoms with E-state index in [-0.39, 0.29) is 18.6 Å². The first-order valence-corrected chi connectivity index (χ1v) is 6.41. The molecule has 5 nitrogen and oxygen atoms in total. The Kier molecular flexibility index (Phi) is 4.27. The maximum absolute atomic E-state index is 11.2. The van der Waals surface area contributed by atoms with E-state index in [9.17, 15) is 4.79 Å². The molecular weight excluding hydrogens is 244 g/mol. The molecular formula is C14H20N2O3. The van der Waals surface area contributed by atoms with Gasteiger partial charge in [0.15, 0.2) is 0 Å². The van der Waals surface area contributed by atoms with Crippen LogP contribution in [-0.2, 0) is 17.8 Å². The van der Waals surface area contributed by atoms with Gasteiger partial charge in [-0.15, -0.1) is 0 Å². The standard InChI is InChI=1S/C14H20N2O3/c1-9-4-10-5-12(18-3)11(6-13(10)19-9)7-16-8-14(17)15-2/h5-6,9,16H,4,7-8H2,1-3H3,(H,15,17). The van der Waals surface area contributed by atoms with Gasteiger partial charge in [0.25, 0.3) is 0 Å². The Hall–Kier alpha value is -1.75. The summed E-state index contributed by atoms with van der Waals surface area (Å²) in [5.74, 6) is 1.72. The highest BCUT2D eigenvalue weighted by Crippen LogP contribution is 2.34. The second-order valence-electron chi connectivity index (χ2n) is 4.68. The third kappa shape index (κ3) is 3.17. The maximum atomic E-state index is 11.2. The lowest BCUT2D eigenvalue weighted by Crippen LogP contribution is -2.31. The molecule has 0 fully saturated rings. The monoisotopic (exact) mass is 264 g/mol. The summed E-state index contributed by atoms with van der Waals surface area (Å²) in [6.45, 7) is 2.91. The first-order chi connectivity index (χ1) is 9.13. The van der Waals surface area contributed by atoms with E-state index < -0.39 is 0 Å². The number of hydrogen-bond acceptors (Lipinski definition) is 4. The molecule has 0 aliphatic carbocycles. The third-order valence-electron chi connectivity index (χ3n) is 3.18. The van der Waals surface area contributed by atoms with Crippen molar-refractivity contribution < 1.29 is 14.3 Å². The average Bonchev–Trinajstić information content (AvgIpc) is 2.76. The fourth-order valence-electron chi connectivity index (χ4n) is 2.21. The van der Waals surface area contributed by atoms with Crippen molar-refractivity contribution in [2.24, 2.45) is 0 Å². The molecule has 0 aromatic heterocycles. The Morgan fingerprint density at radius 3 is 3.00 bits per heavy atom. The highest BCUT2D eigenvalue weighted by molar-refractivity contribution is 5.77. The van der Waals surface area contributed by atoms with Crippen LogP contribution in [0.4, 0.5) is 0 Å². The van der Waals surface area contributed by atoms with Crippen molar-refractivity contribution in [3.05, 3.63) is 23.3 Å². The number of nitrogens with one attached hydrogen (secondary N) is 2. The van der Waals surface area contributed by atoms with Crippen molar-refractivity contribution in [3.63, 3.8) is 0 Å². The fourth-order valence-corrected chi connectivity index (χ4v) is 2.21. The highest BCUT2D eigenvalue weighted by atomic mass is 16.5. The molecule has 0 radical (unpaired) electrons. The molecule has 5 heteroatoms. The van der Waals surface area contributed by atoms with E-state index >= 15 is 0 Å². The van der Waals surface area contributed by atoms with Crippen LogP contribution in [0.2, 0.25) is 0 Å². The van der Waals surface area contributed by atoms with Gasteiger partial charge < -0.3 is 20.1 Å². The zero-order chi connectivity index (χ0) is 13.8. The van der Waals surface area contributed by atoms with Gasteiger partial charge in [-0.1, -0.05) is 0 Å². The van der Waals surface area contributed by atoms with E-state index in [1.165, 1.54) is 5.56 Å². The van der Waals surface area contributed by atoms with Crippen molar-refractivity contribution >= 4 is 5.91 Å². The average molecular weight is 264 g/mol. The zero-order valence-electron chi connectivity index (χ0n) is 11.6. The minimum atomic E-state index is -0.0370. The third-order valence-corrected chi connectivity index (χ3v) is 3.18. The van der Waals surface area contributed by atoms with Gasteiger partial charge >= 0.3 is 0 Å². The van der Waals surface area contributed by atoms with E-state index in [1.807, 2.05) is 12.1 Å². The summed E-state index contributed by atoms with van der Waals surface area (Å²) in [5, 5.41) is 5.65. The predicted octanol–water partition coefficient (Wildman–Crippen LogP) is 0.854. The minimum absolute atomic E-state index is 0.0370. The van der Waals surface area contributed by atoms with Gasteiger partial charge in [-0.3, -0.25) is 4.79 Å². The quantitative estimate of drug-likeness (QED) is 0.828. The van der Waals surface area contributed by atoms with Crippen molar-refractivity contribution in [3.8, 4) is 11.5 Å². The lowest BCUT2D eigenvalue weighted by molar-refractivity contribution is -0.119. The highest BCUT2D eigenvalue weighted by Gasteiger charge is 2.21. The van der Waals surface area contributed by atoms with Crippen molar-refractivity contribution in [1.82, 2.24) is 10.6 Å². The summed E-state index contributed by atoms with van der Waals surface area (Å²) in [7, 11) is 3.28. The number of amides is 1. The number of fused-ring (bicyclic) bond motifs is 1. The number of rotatable bonds is 5. The first kappa shape index (κ1) is 13.7. The van der Waals surface area contributed by atoms with Crippen molar-refractivity contribution in [2.75, 3.05) is 20.7 Å². The predicted molar refractivity (Wildman–Crippen MR) is 72.6 cm³/mol. The Morgan fingerprint density at radius 2 is 2.32 bits per heavy atom. The molecule has 104 valence electrons. The lowest BCUT2D eigenvalue weighted by atomic mass is 10.1. The van der Waals surface area contributed by atoms with E-state index in [1.54, 1.807) is 14.2 Å². The van der Waals surface area contributed by atoms with Crippen LogP contribution in [0, 0.1) is 0 Å². The topological polar surface area (TPSA) is 59.6 Å². The Labute approximate surface area is 113 Å². The summed E-state index contributed by atoms with van der Waals surface area (Å²) in [5.41, 5.74) is 2.18. The number of carbonyl (C=O) groups is 1. The Morgan fingerprint density at radius 1 is 1.53 bits per heavy atom. The summed E-state index contributed by atoms with van der Waals surface area (Å²) in [6.07, 6.45) is 1.13. The molecule has 1 aromatic carbocycles. The van der Waals surface area contributed by atoms with Gasteiger partial charge in [0.2, 0.25) is 5.91 Å². The molecule has 1 aliphatic rings. The van der Waals surface area contributed by atoms with Gasteiger partial charge in [-0.25, -0.2) is 0 Å². The van der Waals surface area contributed by atoms with Gasteiger partial charge in [-0.2, -0.15) is 0 Å². The van der Waals surface area contributed by atoms with Crippen molar-refractivity contribution in [2.45, 2.75) is 26.0 Å². The fraction of sp³-hybridized carbons (Fsp3) is 0.500. The van der Waals surface area contributed by atoms with Crippen LogP contribution in [0.3, 0.4) is 0 Å². The van der Waals surface area contributed by atoms with E-state index in [4.69, 9.17) is 9.47 Å². The van der Waals surface area contributed by atoms with Crippen LogP contribution in [-0.4, -0.2) is 32.7 Å². The molecule has 1 aliphatic heterocycles. The van der Waals surface area contributed by atoms with Gasteiger partial charge in [0.1, 0.15) is 17.6 Å². The normalized spacial score (nSPS) is 16.7. The molecule has 1 aromatic rings. The summed E-state index contributed by atoms with van der Waals surface area (Å²) in [4.78, 5) is 11.2. The van der Waals surface area contributed by atoms with Crippen LogP contribution >= 0.6 is 0 Å². The number of hydrogen-bond donors (Lipinski definition) is 2. The van der Waals surface area contributed by atoms with Crippen molar-refractivity contribution in [1.29, 1.82) is 0 Å². The molecule has 2 rings (SSSR count). The molecule has 1 amide bonds. The number of methoxy groups -OCH3 is 1. The summed E-state index contributed by atoms with van der Waals surface area (Å²) in [6, 6.07) is 4.02. The molecule has 2 N–H and O–H groups in total. The molecule has 0 saturated carbocycles. The molecule has 0 bridgehead atoms. The largest absolute Gasteiger partial charge is 0.496 e. The van der Waals surface area contributed by atoms with Crippen LogP contribution in [0.1, 0.15) is 18.1 Å². The van der Waals surface area contributed by atoms with Gasteiger partial charge in [0, 0.05) is 31.1 Å². The van der Waals surface area contributed by atoms with Crippen LogP contribution in [0.5, 0.6) is 11.5 Å². The molecule has 19 heavy (non-hydrogen) atoms. The number of likely N-dealkylation sites (N-methyl/N-ethyl adjacent to an activating group) is 1.